The van der Waals surface area contributed by atoms with Crippen molar-refractivity contribution in [3.05, 3.63) is 35.9 Å². The van der Waals surface area contributed by atoms with Crippen molar-refractivity contribution >= 4 is 0 Å². The van der Waals surface area contributed by atoms with Crippen LogP contribution >= 0.6 is 0 Å². The lowest BCUT2D eigenvalue weighted by Crippen LogP contribution is -2.47. The standard InChI is InChI=1S/C17H27NO2/c1-13(19)17(12-18,14-7-5-4-6-8-14)11-15-9-10-16(2,3)20-15/h4-8,13,15,19H,9-12,18H2,1-3H3. The maximum atomic E-state index is 10.4. The van der Waals surface area contributed by atoms with Gasteiger partial charge >= 0.3 is 0 Å². The Labute approximate surface area is 122 Å². The molecule has 3 heteroatoms. The molecule has 0 aromatic heterocycles. The maximum absolute atomic E-state index is 10.4. The lowest BCUT2D eigenvalue weighted by molar-refractivity contribution is -0.0390. The molecule has 0 aliphatic carbocycles. The van der Waals surface area contributed by atoms with E-state index in [2.05, 4.69) is 26.0 Å². The highest BCUT2D eigenvalue weighted by molar-refractivity contribution is 5.28. The van der Waals surface area contributed by atoms with Crippen LogP contribution in [-0.2, 0) is 10.2 Å². The van der Waals surface area contributed by atoms with Crippen molar-refractivity contribution in [2.24, 2.45) is 5.73 Å². The first-order valence-electron chi connectivity index (χ1n) is 7.51. The van der Waals surface area contributed by atoms with E-state index in [-0.39, 0.29) is 11.7 Å². The molecule has 20 heavy (non-hydrogen) atoms. The zero-order valence-electron chi connectivity index (χ0n) is 12.8. The molecule has 2 rings (SSSR count). The van der Waals surface area contributed by atoms with Gasteiger partial charge in [0.25, 0.3) is 0 Å². The van der Waals surface area contributed by atoms with E-state index in [1.54, 1.807) is 0 Å². The SMILES string of the molecule is CC(O)C(CN)(CC1CCC(C)(C)O1)c1ccccc1. The Bertz CT molecular complexity index is 430. The summed E-state index contributed by atoms with van der Waals surface area (Å²) in [5.74, 6) is 0. The lowest BCUT2D eigenvalue weighted by Gasteiger charge is -2.38. The third-order valence-electron chi connectivity index (χ3n) is 4.66. The van der Waals surface area contributed by atoms with Crippen LogP contribution in [0.15, 0.2) is 30.3 Å². The van der Waals surface area contributed by atoms with Gasteiger partial charge in [-0.3, -0.25) is 0 Å². The number of aliphatic hydroxyl groups excluding tert-OH is 1. The van der Waals surface area contributed by atoms with Crippen LogP contribution in [0.2, 0.25) is 0 Å². The van der Waals surface area contributed by atoms with Crippen LogP contribution in [-0.4, -0.2) is 29.5 Å². The topological polar surface area (TPSA) is 55.5 Å². The normalized spacial score (nSPS) is 26.1. The van der Waals surface area contributed by atoms with Gasteiger partial charge < -0.3 is 15.6 Å². The van der Waals surface area contributed by atoms with E-state index in [9.17, 15) is 5.11 Å². The van der Waals surface area contributed by atoms with E-state index in [0.29, 0.717) is 6.54 Å². The minimum Gasteiger partial charge on any atom is -0.392 e. The van der Waals surface area contributed by atoms with E-state index in [1.807, 2.05) is 25.1 Å². The van der Waals surface area contributed by atoms with Crippen LogP contribution in [0, 0.1) is 0 Å². The number of hydrogen-bond acceptors (Lipinski definition) is 3. The minimum atomic E-state index is -0.498. The number of benzene rings is 1. The number of rotatable bonds is 5. The predicted octanol–water partition coefficient (Wildman–Crippen LogP) is 2.61. The van der Waals surface area contributed by atoms with E-state index in [4.69, 9.17) is 10.5 Å². The highest BCUT2D eigenvalue weighted by Gasteiger charge is 2.42. The Hall–Kier alpha value is -0.900. The fourth-order valence-corrected chi connectivity index (χ4v) is 3.30. The summed E-state index contributed by atoms with van der Waals surface area (Å²) in [5.41, 5.74) is 6.69. The third kappa shape index (κ3) is 3.05. The van der Waals surface area contributed by atoms with Gasteiger partial charge in [0.05, 0.1) is 17.8 Å². The van der Waals surface area contributed by atoms with Gasteiger partial charge in [0.1, 0.15) is 0 Å². The molecule has 0 radical (unpaired) electrons. The van der Waals surface area contributed by atoms with Gasteiger partial charge in [-0.15, -0.1) is 0 Å². The summed E-state index contributed by atoms with van der Waals surface area (Å²) in [6.07, 6.45) is 2.54. The van der Waals surface area contributed by atoms with E-state index in [0.717, 1.165) is 24.8 Å². The second-order valence-electron chi connectivity index (χ2n) is 6.64. The average molecular weight is 277 g/mol. The second-order valence-corrected chi connectivity index (χ2v) is 6.64. The van der Waals surface area contributed by atoms with Crippen molar-refractivity contribution in [2.75, 3.05) is 6.54 Å². The zero-order valence-corrected chi connectivity index (χ0v) is 12.8. The Kier molecular flexibility index (Phi) is 4.52. The molecule has 1 aromatic rings. The van der Waals surface area contributed by atoms with Crippen molar-refractivity contribution in [2.45, 2.75) is 63.3 Å². The van der Waals surface area contributed by atoms with Crippen molar-refractivity contribution in [3.63, 3.8) is 0 Å². The molecule has 3 nitrogen and oxygen atoms in total. The number of ether oxygens (including phenoxy) is 1. The van der Waals surface area contributed by atoms with Crippen molar-refractivity contribution in [1.82, 2.24) is 0 Å². The quantitative estimate of drug-likeness (QED) is 0.870. The highest BCUT2D eigenvalue weighted by atomic mass is 16.5. The molecule has 3 N–H and O–H groups in total. The summed E-state index contributed by atoms with van der Waals surface area (Å²) in [7, 11) is 0. The Morgan fingerprint density at radius 3 is 2.50 bits per heavy atom. The molecule has 1 fully saturated rings. The number of hydrogen-bond donors (Lipinski definition) is 2. The van der Waals surface area contributed by atoms with Crippen LogP contribution in [0.5, 0.6) is 0 Å². The smallest absolute Gasteiger partial charge is 0.0631 e. The van der Waals surface area contributed by atoms with E-state index in [1.165, 1.54) is 0 Å². The highest BCUT2D eigenvalue weighted by Crippen LogP contribution is 2.39. The molecule has 0 amide bonds. The summed E-state index contributed by atoms with van der Waals surface area (Å²) in [6, 6.07) is 10.1. The Morgan fingerprint density at radius 1 is 1.40 bits per heavy atom. The molecule has 1 heterocycles. The number of nitrogens with two attached hydrogens (primary N) is 1. The second kappa shape index (κ2) is 5.84. The first kappa shape index (κ1) is 15.5. The van der Waals surface area contributed by atoms with Crippen LogP contribution in [0.4, 0.5) is 0 Å². The van der Waals surface area contributed by atoms with E-state index < -0.39 is 11.5 Å². The minimum absolute atomic E-state index is 0.0552. The average Bonchev–Trinajstić information content (AvgIpc) is 2.76. The van der Waals surface area contributed by atoms with E-state index >= 15 is 0 Å². The van der Waals surface area contributed by atoms with Gasteiger partial charge in [-0.05, 0) is 45.6 Å². The molecule has 1 aromatic carbocycles. The molecule has 0 spiro atoms. The van der Waals surface area contributed by atoms with Crippen LogP contribution < -0.4 is 5.73 Å². The van der Waals surface area contributed by atoms with Crippen LogP contribution in [0.25, 0.3) is 0 Å². The number of aliphatic hydroxyl groups is 1. The Morgan fingerprint density at radius 2 is 2.05 bits per heavy atom. The molecule has 3 unspecified atom stereocenters. The molecule has 0 bridgehead atoms. The fourth-order valence-electron chi connectivity index (χ4n) is 3.30. The molecular weight excluding hydrogens is 250 g/mol. The monoisotopic (exact) mass is 277 g/mol. The van der Waals surface area contributed by atoms with Gasteiger partial charge in [-0.1, -0.05) is 30.3 Å². The molecule has 0 saturated carbocycles. The summed E-state index contributed by atoms with van der Waals surface area (Å²) in [6.45, 7) is 6.51. The first-order chi connectivity index (χ1) is 9.39. The van der Waals surface area contributed by atoms with Gasteiger partial charge in [0.15, 0.2) is 0 Å². The van der Waals surface area contributed by atoms with Crippen molar-refractivity contribution < 1.29 is 9.84 Å². The Balaban J connectivity index is 2.25. The van der Waals surface area contributed by atoms with Crippen LogP contribution in [0.3, 0.4) is 0 Å². The third-order valence-corrected chi connectivity index (χ3v) is 4.66. The predicted molar refractivity (Wildman–Crippen MR) is 81.7 cm³/mol. The molecule has 1 aliphatic heterocycles. The summed E-state index contributed by atoms with van der Waals surface area (Å²) < 4.78 is 6.11. The fraction of sp³-hybridized carbons (Fsp3) is 0.647. The van der Waals surface area contributed by atoms with Gasteiger partial charge in [-0.25, -0.2) is 0 Å². The summed E-state index contributed by atoms with van der Waals surface area (Å²) in [4.78, 5) is 0. The molecule has 112 valence electrons. The van der Waals surface area contributed by atoms with Gasteiger partial charge in [-0.2, -0.15) is 0 Å². The van der Waals surface area contributed by atoms with Crippen molar-refractivity contribution in [3.8, 4) is 0 Å². The van der Waals surface area contributed by atoms with Crippen molar-refractivity contribution in [1.29, 1.82) is 0 Å². The molecule has 1 aliphatic rings. The summed E-state index contributed by atoms with van der Waals surface area (Å²) in [5, 5.41) is 10.4. The molecule has 1 saturated heterocycles. The zero-order chi connectivity index (χ0) is 14.8. The lowest BCUT2D eigenvalue weighted by atomic mass is 9.72. The maximum Gasteiger partial charge on any atom is 0.0631 e. The molecular formula is C17H27NO2. The first-order valence-corrected chi connectivity index (χ1v) is 7.51. The summed E-state index contributed by atoms with van der Waals surface area (Å²) >= 11 is 0. The van der Waals surface area contributed by atoms with Crippen LogP contribution in [0.1, 0.15) is 45.6 Å². The largest absolute Gasteiger partial charge is 0.392 e. The van der Waals surface area contributed by atoms with Gasteiger partial charge in [0.2, 0.25) is 0 Å². The van der Waals surface area contributed by atoms with Gasteiger partial charge in [0, 0.05) is 12.0 Å². The molecule has 3 atom stereocenters.